The third-order valence-electron chi connectivity index (χ3n) is 5.91. The minimum Gasteiger partial charge on any atom is -0.493 e. The molecule has 1 atom stereocenters. The molecule has 214 valence electrons. The van der Waals surface area contributed by atoms with Gasteiger partial charge in [-0.05, 0) is 68.1 Å². The van der Waals surface area contributed by atoms with Gasteiger partial charge in [0.15, 0.2) is 17.3 Å². The minimum absolute atomic E-state index is 0.0178. The lowest BCUT2D eigenvalue weighted by molar-refractivity contribution is -0.384. The quantitative estimate of drug-likeness (QED) is 0.0902. The highest BCUT2D eigenvalue weighted by molar-refractivity contribution is 5.76. The van der Waals surface area contributed by atoms with E-state index < -0.39 is 23.2 Å². The number of furan rings is 1. The first-order valence-corrected chi connectivity index (χ1v) is 12.4. The van der Waals surface area contributed by atoms with Gasteiger partial charge in [0.05, 0.1) is 18.3 Å². The zero-order valence-corrected chi connectivity index (χ0v) is 22.1. The lowest BCUT2D eigenvalue weighted by Crippen LogP contribution is -2.28. The Morgan fingerprint density at radius 2 is 1.90 bits per heavy atom. The van der Waals surface area contributed by atoms with Gasteiger partial charge >= 0.3 is 12.1 Å². The summed E-state index contributed by atoms with van der Waals surface area (Å²) in [7, 11) is 1.51. The fourth-order valence-corrected chi connectivity index (χ4v) is 3.80. The molecule has 0 aliphatic rings. The van der Waals surface area contributed by atoms with E-state index in [0.717, 1.165) is 17.7 Å². The average molecular weight is 567 g/mol. The van der Waals surface area contributed by atoms with Crippen LogP contribution in [0.4, 0.5) is 10.5 Å². The molecule has 0 saturated heterocycles. The summed E-state index contributed by atoms with van der Waals surface area (Å²) in [6, 6.07) is 13.5. The van der Waals surface area contributed by atoms with Crippen LogP contribution < -0.4 is 14.2 Å². The first kappa shape index (κ1) is 28.7. The number of carbonyl (C=O) groups excluding carboxylic acids is 1. The van der Waals surface area contributed by atoms with E-state index in [1.54, 1.807) is 31.2 Å². The van der Waals surface area contributed by atoms with Crippen molar-refractivity contribution < 1.29 is 47.4 Å². The molecule has 2 heterocycles. The third kappa shape index (κ3) is 7.62. The number of carbonyl (C=O) groups is 2. The number of carboxylic acids is 1. The number of ether oxygens (including phenoxy) is 4. The molecule has 0 saturated carbocycles. The van der Waals surface area contributed by atoms with Crippen LogP contribution in [0.1, 0.15) is 29.9 Å². The SMILES string of the molecule is COc1cc(CCC[C@H](OC(=O)Oc2ccc([N+](=O)[O-])cc2)C(=O)O)ccc1OCc1nc(-c2ccco2)oc1C. The van der Waals surface area contributed by atoms with Crippen LogP contribution in [0.25, 0.3) is 11.7 Å². The van der Waals surface area contributed by atoms with Gasteiger partial charge in [0.2, 0.25) is 6.10 Å². The number of methoxy groups -OCH3 is 1. The first-order valence-electron chi connectivity index (χ1n) is 12.4. The van der Waals surface area contributed by atoms with Crippen LogP contribution in [0.5, 0.6) is 17.2 Å². The second-order valence-corrected chi connectivity index (χ2v) is 8.71. The van der Waals surface area contributed by atoms with E-state index in [2.05, 4.69) is 4.98 Å². The van der Waals surface area contributed by atoms with E-state index in [0.29, 0.717) is 47.4 Å². The highest BCUT2D eigenvalue weighted by Gasteiger charge is 2.23. The van der Waals surface area contributed by atoms with Crippen molar-refractivity contribution in [3.05, 3.63) is 88.0 Å². The monoisotopic (exact) mass is 566 g/mol. The summed E-state index contributed by atoms with van der Waals surface area (Å²) in [5, 5.41) is 20.2. The number of carboxylic acid groups (broad SMARTS) is 1. The molecule has 1 N–H and O–H groups in total. The number of nitrogens with zero attached hydrogens (tertiary/aromatic N) is 2. The lowest BCUT2D eigenvalue weighted by atomic mass is 10.1. The van der Waals surface area contributed by atoms with Crippen LogP contribution in [0.15, 0.2) is 69.7 Å². The second-order valence-electron chi connectivity index (χ2n) is 8.71. The van der Waals surface area contributed by atoms with Crippen molar-refractivity contribution >= 4 is 17.8 Å². The Labute approximate surface area is 233 Å². The largest absolute Gasteiger partial charge is 0.514 e. The molecule has 0 spiro atoms. The predicted molar refractivity (Wildman–Crippen MR) is 141 cm³/mol. The maximum absolute atomic E-state index is 12.1. The molecule has 13 nitrogen and oxygen atoms in total. The number of hydrogen-bond acceptors (Lipinski definition) is 11. The van der Waals surface area contributed by atoms with Gasteiger partial charge in [-0.25, -0.2) is 14.6 Å². The summed E-state index contributed by atoms with van der Waals surface area (Å²) in [5.74, 6) is 1.08. The molecule has 0 bridgehead atoms. The van der Waals surface area contributed by atoms with Crippen LogP contribution in [0.3, 0.4) is 0 Å². The number of aromatic nitrogens is 1. The Kier molecular flexibility index (Phi) is 9.20. The number of nitro groups is 1. The Morgan fingerprint density at radius 1 is 1.12 bits per heavy atom. The Bertz CT molecular complexity index is 1490. The fraction of sp³-hybridized carbons (Fsp3) is 0.250. The molecule has 0 unspecified atom stereocenters. The van der Waals surface area contributed by atoms with Gasteiger partial charge in [0.1, 0.15) is 23.8 Å². The maximum atomic E-state index is 12.1. The molecule has 4 rings (SSSR count). The van der Waals surface area contributed by atoms with Gasteiger partial charge in [-0.3, -0.25) is 10.1 Å². The molecule has 0 aliphatic heterocycles. The van der Waals surface area contributed by atoms with Gasteiger partial charge in [0, 0.05) is 12.1 Å². The number of aliphatic carboxylic acids is 1. The molecular weight excluding hydrogens is 540 g/mol. The molecule has 41 heavy (non-hydrogen) atoms. The van der Waals surface area contributed by atoms with Crippen LogP contribution in [0, 0.1) is 17.0 Å². The van der Waals surface area contributed by atoms with E-state index in [1.807, 2.05) is 6.07 Å². The average Bonchev–Trinajstić information content (AvgIpc) is 3.62. The highest BCUT2D eigenvalue weighted by Crippen LogP contribution is 2.30. The van der Waals surface area contributed by atoms with Crippen molar-refractivity contribution in [2.75, 3.05) is 7.11 Å². The zero-order valence-electron chi connectivity index (χ0n) is 22.1. The number of aryl methyl sites for hydroxylation is 2. The number of non-ortho nitro benzene ring substituents is 1. The summed E-state index contributed by atoms with van der Waals surface area (Å²) in [6.07, 6.45) is -0.274. The summed E-state index contributed by atoms with van der Waals surface area (Å²) >= 11 is 0. The number of hydrogen-bond donors (Lipinski definition) is 1. The summed E-state index contributed by atoms with van der Waals surface area (Å²) in [6.45, 7) is 1.92. The van der Waals surface area contributed by atoms with Gasteiger partial charge in [-0.1, -0.05) is 6.07 Å². The molecular formula is C28H26N2O11. The highest BCUT2D eigenvalue weighted by atomic mass is 16.7. The predicted octanol–water partition coefficient (Wildman–Crippen LogP) is 5.73. The van der Waals surface area contributed by atoms with Gasteiger partial charge < -0.3 is 32.9 Å². The summed E-state index contributed by atoms with van der Waals surface area (Å²) < 4.78 is 32.2. The third-order valence-corrected chi connectivity index (χ3v) is 5.91. The molecule has 4 aromatic rings. The van der Waals surface area contributed by atoms with Gasteiger partial charge in [-0.15, -0.1) is 0 Å². The standard InChI is InChI=1S/C28H26N2O11/c1-17-21(29-26(39-17)23-7-4-14-37-23)16-38-22-13-8-18(15-25(22)36-2)5-3-6-24(27(31)32)41-28(33)40-20-11-9-19(10-12-20)30(34)35/h4,7-15,24H,3,5-6,16H2,1-2H3,(H,31,32)/t24-/m0/s1. The van der Waals surface area contributed by atoms with E-state index in [4.69, 9.17) is 27.8 Å². The van der Waals surface area contributed by atoms with Crippen LogP contribution in [0.2, 0.25) is 0 Å². The normalized spacial score (nSPS) is 11.5. The number of benzene rings is 2. The van der Waals surface area contributed by atoms with Gasteiger partial charge in [-0.2, -0.15) is 0 Å². The fourth-order valence-electron chi connectivity index (χ4n) is 3.80. The van der Waals surface area contributed by atoms with Crippen molar-refractivity contribution in [1.82, 2.24) is 4.98 Å². The number of nitro benzene ring substituents is 1. The number of rotatable bonds is 13. The topological polar surface area (TPSA) is 174 Å². The van der Waals surface area contributed by atoms with E-state index in [-0.39, 0.29) is 24.5 Å². The van der Waals surface area contributed by atoms with Crippen LogP contribution in [-0.4, -0.2) is 40.4 Å². The van der Waals surface area contributed by atoms with Crippen molar-refractivity contribution in [3.63, 3.8) is 0 Å². The maximum Gasteiger partial charge on any atom is 0.514 e. The van der Waals surface area contributed by atoms with Crippen molar-refractivity contribution in [2.24, 2.45) is 0 Å². The molecule has 0 amide bonds. The minimum atomic E-state index is -1.44. The first-order chi connectivity index (χ1) is 19.7. The van der Waals surface area contributed by atoms with E-state index in [9.17, 15) is 24.8 Å². The Morgan fingerprint density at radius 3 is 2.56 bits per heavy atom. The second kappa shape index (κ2) is 13.2. The van der Waals surface area contributed by atoms with Gasteiger partial charge in [0.25, 0.3) is 11.6 Å². The van der Waals surface area contributed by atoms with Crippen molar-refractivity contribution in [2.45, 2.75) is 38.9 Å². The van der Waals surface area contributed by atoms with Crippen LogP contribution >= 0.6 is 0 Å². The molecule has 13 heteroatoms. The molecule has 2 aromatic heterocycles. The Balaban J connectivity index is 1.29. The summed E-state index contributed by atoms with van der Waals surface area (Å²) in [5.41, 5.74) is 1.27. The van der Waals surface area contributed by atoms with Crippen LogP contribution in [-0.2, 0) is 22.6 Å². The van der Waals surface area contributed by atoms with Crippen molar-refractivity contribution in [3.8, 4) is 28.9 Å². The molecule has 0 aliphatic carbocycles. The molecule has 2 aromatic carbocycles. The number of oxazole rings is 1. The van der Waals surface area contributed by atoms with E-state index in [1.165, 1.54) is 25.5 Å². The zero-order chi connectivity index (χ0) is 29.4. The van der Waals surface area contributed by atoms with Crippen molar-refractivity contribution in [1.29, 1.82) is 0 Å². The molecule has 0 radical (unpaired) electrons. The van der Waals surface area contributed by atoms with E-state index >= 15 is 0 Å². The Hall–Kier alpha value is -5.33. The molecule has 0 fully saturated rings. The smallest absolute Gasteiger partial charge is 0.493 e. The summed E-state index contributed by atoms with van der Waals surface area (Å²) in [4.78, 5) is 38.2. The lowest BCUT2D eigenvalue weighted by Gasteiger charge is -2.14.